The van der Waals surface area contributed by atoms with Gasteiger partial charge in [0.1, 0.15) is 11.6 Å². The topological polar surface area (TPSA) is 64.4 Å². The first kappa shape index (κ1) is 19.0. The average Bonchev–Trinajstić information content (AvgIpc) is 2.91. The minimum Gasteiger partial charge on any atom is -0.484 e. The summed E-state index contributed by atoms with van der Waals surface area (Å²) in [7, 11) is 0. The number of hydrogen-bond donors (Lipinski definition) is 0. The van der Waals surface area contributed by atoms with Crippen LogP contribution in [-0.2, 0) is 17.8 Å². The lowest BCUT2D eigenvalue weighted by atomic mass is 9.92. The molecule has 1 aromatic carbocycles. The number of ether oxygens (including phenoxy) is 1. The van der Waals surface area contributed by atoms with Crippen LogP contribution in [0.3, 0.4) is 0 Å². The van der Waals surface area contributed by atoms with Gasteiger partial charge in [0, 0.05) is 26.1 Å². The van der Waals surface area contributed by atoms with Crippen LogP contribution in [0.1, 0.15) is 45.4 Å². The Morgan fingerprint density at radius 1 is 1.18 bits per heavy atom. The maximum Gasteiger partial charge on any atom is 0.261 e. The first-order valence-corrected chi connectivity index (χ1v) is 10.5. The van der Waals surface area contributed by atoms with Crippen molar-refractivity contribution in [2.24, 2.45) is 11.8 Å². The number of benzene rings is 1. The summed E-state index contributed by atoms with van der Waals surface area (Å²) in [5, 5.41) is 0.566. The number of likely N-dealkylation sites (tertiary alicyclic amines) is 1. The Hall–Kier alpha value is -2.37. The normalized spacial score (nSPS) is 22.6. The van der Waals surface area contributed by atoms with Crippen molar-refractivity contribution in [1.82, 2.24) is 14.5 Å². The second kappa shape index (κ2) is 7.94. The molecule has 6 heteroatoms. The van der Waals surface area contributed by atoms with E-state index in [9.17, 15) is 9.59 Å². The van der Waals surface area contributed by atoms with Crippen molar-refractivity contribution in [2.75, 3.05) is 19.7 Å². The van der Waals surface area contributed by atoms with Gasteiger partial charge in [-0.15, -0.1) is 0 Å². The van der Waals surface area contributed by atoms with E-state index < -0.39 is 0 Å². The van der Waals surface area contributed by atoms with Gasteiger partial charge in [0.05, 0.1) is 10.9 Å². The van der Waals surface area contributed by atoms with E-state index in [1.807, 2.05) is 11.0 Å². The van der Waals surface area contributed by atoms with Crippen molar-refractivity contribution >= 4 is 16.8 Å². The third kappa shape index (κ3) is 3.91. The zero-order valence-electron chi connectivity index (χ0n) is 16.8. The molecular formula is C22H29N3O3. The number of fused-ring (bicyclic) bond motifs is 2. The molecule has 6 nitrogen and oxygen atoms in total. The Bertz CT molecular complexity index is 927. The van der Waals surface area contributed by atoms with Gasteiger partial charge in [-0.05, 0) is 49.3 Å². The molecule has 150 valence electrons. The number of nitrogens with zero attached hydrogens (tertiary/aromatic N) is 3. The summed E-state index contributed by atoms with van der Waals surface area (Å²) in [6.45, 7) is 6.69. The molecule has 0 aliphatic carbocycles. The first-order valence-electron chi connectivity index (χ1n) is 10.5. The van der Waals surface area contributed by atoms with Gasteiger partial charge in [0.15, 0.2) is 6.61 Å². The van der Waals surface area contributed by atoms with Crippen LogP contribution >= 0.6 is 0 Å². The molecule has 1 saturated heterocycles. The van der Waals surface area contributed by atoms with Crippen LogP contribution in [0, 0.1) is 11.8 Å². The molecule has 2 atom stereocenters. The van der Waals surface area contributed by atoms with Gasteiger partial charge in [-0.25, -0.2) is 4.98 Å². The summed E-state index contributed by atoms with van der Waals surface area (Å²) in [4.78, 5) is 32.1. The van der Waals surface area contributed by atoms with E-state index in [0.29, 0.717) is 28.5 Å². The van der Waals surface area contributed by atoms with Gasteiger partial charge < -0.3 is 9.64 Å². The van der Waals surface area contributed by atoms with E-state index in [2.05, 4.69) is 13.8 Å². The number of amides is 1. The average molecular weight is 383 g/mol. The summed E-state index contributed by atoms with van der Waals surface area (Å²) >= 11 is 0. The molecule has 0 spiro atoms. The lowest BCUT2D eigenvalue weighted by Gasteiger charge is -2.34. The van der Waals surface area contributed by atoms with Gasteiger partial charge in [-0.3, -0.25) is 14.2 Å². The molecule has 2 aliphatic rings. The van der Waals surface area contributed by atoms with Crippen LogP contribution in [0.15, 0.2) is 23.0 Å². The maximum atomic E-state index is 12.9. The Balaban J connectivity index is 1.51. The SMILES string of the molecule is C[C@@H]1C[C@@H](C)CN(C(=O)COc2ccc3nc4n(c(=O)c3c2)CCCCC4)C1. The van der Waals surface area contributed by atoms with E-state index in [4.69, 9.17) is 9.72 Å². The third-order valence-electron chi connectivity index (χ3n) is 5.87. The number of piperidine rings is 1. The number of aromatic nitrogens is 2. The Kier molecular flexibility index (Phi) is 5.38. The Morgan fingerprint density at radius 3 is 2.75 bits per heavy atom. The minimum absolute atomic E-state index is 0.00245. The van der Waals surface area contributed by atoms with Crippen molar-refractivity contribution in [3.05, 3.63) is 34.4 Å². The predicted molar refractivity (Wildman–Crippen MR) is 109 cm³/mol. The molecule has 0 radical (unpaired) electrons. The predicted octanol–water partition coefficient (Wildman–Crippen LogP) is 3.01. The molecule has 1 fully saturated rings. The van der Waals surface area contributed by atoms with Crippen LogP contribution in [0.5, 0.6) is 5.75 Å². The number of aryl methyl sites for hydroxylation is 1. The van der Waals surface area contributed by atoms with Gasteiger partial charge in [-0.2, -0.15) is 0 Å². The summed E-state index contributed by atoms with van der Waals surface area (Å²) < 4.78 is 7.56. The zero-order chi connectivity index (χ0) is 19.7. The first-order chi connectivity index (χ1) is 13.5. The smallest absolute Gasteiger partial charge is 0.261 e. The second-order valence-electron chi connectivity index (χ2n) is 8.51. The van der Waals surface area contributed by atoms with Gasteiger partial charge >= 0.3 is 0 Å². The highest BCUT2D eigenvalue weighted by atomic mass is 16.5. The number of carbonyl (C=O) groups is 1. The van der Waals surface area contributed by atoms with E-state index in [1.165, 1.54) is 0 Å². The quantitative estimate of drug-likeness (QED) is 0.817. The van der Waals surface area contributed by atoms with E-state index in [-0.39, 0.29) is 18.1 Å². The van der Waals surface area contributed by atoms with E-state index in [1.54, 1.807) is 16.7 Å². The fraction of sp³-hybridized carbons (Fsp3) is 0.591. The molecule has 1 aromatic heterocycles. The molecular weight excluding hydrogens is 354 g/mol. The third-order valence-corrected chi connectivity index (χ3v) is 5.87. The van der Waals surface area contributed by atoms with Crippen molar-refractivity contribution in [1.29, 1.82) is 0 Å². The monoisotopic (exact) mass is 383 g/mol. The molecule has 3 heterocycles. The number of hydrogen-bond acceptors (Lipinski definition) is 4. The zero-order valence-corrected chi connectivity index (χ0v) is 16.8. The van der Waals surface area contributed by atoms with Crippen LogP contribution in [0.2, 0.25) is 0 Å². The number of carbonyl (C=O) groups excluding carboxylic acids is 1. The summed E-state index contributed by atoms with van der Waals surface area (Å²) in [6, 6.07) is 5.36. The van der Waals surface area contributed by atoms with Gasteiger partial charge in [0.25, 0.3) is 11.5 Å². The minimum atomic E-state index is -0.00245. The lowest BCUT2D eigenvalue weighted by molar-refractivity contribution is -0.136. The highest BCUT2D eigenvalue weighted by Crippen LogP contribution is 2.22. The van der Waals surface area contributed by atoms with E-state index in [0.717, 1.165) is 57.6 Å². The van der Waals surface area contributed by atoms with Crippen molar-refractivity contribution in [2.45, 2.75) is 52.5 Å². The lowest BCUT2D eigenvalue weighted by Crippen LogP contribution is -2.44. The Labute approximate surface area is 165 Å². The fourth-order valence-electron chi connectivity index (χ4n) is 4.59. The molecule has 0 saturated carbocycles. The van der Waals surface area contributed by atoms with Crippen LogP contribution in [0.4, 0.5) is 0 Å². The Morgan fingerprint density at radius 2 is 1.96 bits per heavy atom. The second-order valence-corrected chi connectivity index (χ2v) is 8.51. The summed E-state index contributed by atoms with van der Waals surface area (Å²) in [6.07, 6.45) is 5.23. The standard InChI is InChI=1S/C22H29N3O3/c1-15-10-16(2)13-24(12-15)21(26)14-28-17-7-8-19-18(11-17)22(27)25-9-5-3-4-6-20(25)23-19/h7-8,11,15-16H,3-6,9-10,12-14H2,1-2H3/t15-,16-/m1/s1. The van der Waals surface area contributed by atoms with Crippen molar-refractivity contribution < 1.29 is 9.53 Å². The van der Waals surface area contributed by atoms with Gasteiger partial charge in [-0.1, -0.05) is 20.3 Å². The number of rotatable bonds is 3. The van der Waals surface area contributed by atoms with Crippen molar-refractivity contribution in [3.63, 3.8) is 0 Å². The van der Waals surface area contributed by atoms with Crippen LogP contribution < -0.4 is 10.3 Å². The molecule has 28 heavy (non-hydrogen) atoms. The molecule has 0 bridgehead atoms. The summed E-state index contributed by atoms with van der Waals surface area (Å²) in [5.41, 5.74) is 0.702. The maximum absolute atomic E-state index is 12.9. The van der Waals surface area contributed by atoms with Crippen molar-refractivity contribution in [3.8, 4) is 5.75 Å². The molecule has 2 aromatic rings. The highest BCUT2D eigenvalue weighted by Gasteiger charge is 2.25. The largest absolute Gasteiger partial charge is 0.484 e. The molecule has 2 aliphatic heterocycles. The molecule has 4 rings (SSSR count). The molecule has 1 amide bonds. The van der Waals surface area contributed by atoms with E-state index >= 15 is 0 Å². The highest BCUT2D eigenvalue weighted by molar-refractivity contribution is 5.80. The summed E-state index contributed by atoms with van der Waals surface area (Å²) in [5.74, 6) is 2.49. The van der Waals surface area contributed by atoms with Gasteiger partial charge in [0.2, 0.25) is 0 Å². The van der Waals surface area contributed by atoms with Crippen LogP contribution in [0.25, 0.3) is 10.9 Å². The molecule has 0 unspecified atom stereocenters. The van der Waals surface area contributed by atoms with Crippen LogP contribution in [-0.4, -0.2) is 40.1 Å². The molecule has 0 N–H and O–H groups in total. The fourth-order valence-corrected chi connectivity index (χ4v) is 4.59.